The number of aromatic nitrogens is 3. The van der Waals surface area contributed by atoms with E-state index < -0.39 is 5.41 Å². The van der Waals surface area contributed by atoms with Crippen LogP contribution in [0.3, 0.4) is 0 Å². The summed E-state index contributed by atoms with van der Waals surface area (Å²) in [5.74, 6) is -0.135. The molecule has 1 fully saturated rings. The molecule has 0 aliphatic carbocycles. The summed E-state index contributed by atoms with van der Waals surface area (Å²) in [6.07, 6.45) is 6.52. The van der Waals surface area contributed by atoms with E-state index >= 15 is 0 Å². The number of hydrogen-bond donors (Lipinski definition) is 1. The van der Waals surface area contributed by atoms with E-state index in [0.717, 1.165) is 16.7 Å². The van der Waals surface area contributed by atoms with Gasteiger partial charge in [0.1, 0.15) is 5.69 Å². The first-order valence-electron chi connectivity index (χ1n) is 11.0. The molecule has 7 nitrogen and oxygen atoms in total. The molecule has 2 aromatic heterocycles. The van der Waals surface area contributed by atoms with Crippen LogP contribution < -0.4 is 5.32 Å². The van der Waals surface area contributed by atoms with Crippen molar-refractivity contribution in [2.45, 2.75) is 32.7 Å². The molecule has 1 aliphatic heterocycles. The molecule has 3 aromatic rings. The van der Waals surface area contributed by atoms with E-state index in [9.17, 15) is 9.59 Å². The number of pyridine rings is 1. The smallest absolute Gasteiger partial charge is 0.274 e. The zero-order valence-electron chi connectivity index (χ0n) is 18.8. The van der Waals surface area contributed by atoms with Crippen LogP contribution in [-0.4, -0.2) is 50.6 Å². The summed E-state index contributed by atoms with van der Waals surface area (Å²) in [4.78, 5) is 32.3. The Hall–Kier alpha value is -3.48. The van der Waals surface area contributed by atoms with Gasteiger partial charge in [0, 0.05) is 44.8 Å². The Kier molecular flexibility index (Phi) is 6.08. The predicted octanol–water partition coefficient (Wildman–Crippen LogP) is 3.08. The van der Waals surface area contributed by atoms with Gasteiger partial charge < -0.3 is 10.2 Å². The lowest BCUT2D eigenvalue weighted by Crippen LogP contribution is -2.47. The third-order valence-corrected chi connectivity index (χ3v) is 5.94. The third-order valence-electron chi connectivity index (χ3n) is 5.94. The number of nitrogens with zero attached hydrogens (tertiary/aromatic N) is 4. The maximum atomic E-state index is 13.4. The Morgan fingerprint density at radius 3 is 2.66 bits per heavy atom. The molecule has 1 N–H and O–H groups in total. The number of amides is 2. The number of aryl methyl sites for hydroxylation is 1. The summed E-state index contributed by atoms with van der Waals surface area (Å²) < 4.78 is 1.62. The Bertz CT molecular complexity index is 1110. The number of carbonyl (C=O) groups excluding carboxylic acids is 2. The topological polar surface area (TPSA) is 80.1 Å². The lowest BCUT2D eigenvalue weighted by atomic mass is 9.79. The van der Waals surface area contributed by atoms with Crippen LogP contribution in [0.2, 0.25) is 0 Å². The maximum Gasteiger partial charge on any atom is 0.274 e. The van der Waals surface area contributed by atoms with Crippen molar-refractivity contribution in [2.75, 3.05) is 13.1 Å². The van der Waals surface area contributed by atoms with Gasteiger partial charge in [-0.1, -0.05) is 30.3 Å². The summed E-state index contributed by atoms with van der Waals surface area (Å²) >= 11 is 0. The second kappa shape index (κ2) is 8.94. The van der Waals surface area contributed by atoms with Crippen molar-refractivity contribution in [2.24, 2.45) is 12.5 Å². The lowest BCUT2D eigenvalue weighted by Gasteiger charge is -2.29. The van der Waals surface area contributed by atoms with Crippen molar-refractivity contribution in [3.63, 3.8) is 0 Å². The summed E-state index contributed by atoms with van der Waals surface area (Å²) in [6.45, 7) is 4.82. The molecule has 32 heavy (non-hydrogen) atoms. The minimum atomic E-state index is -0.678. The number of hydrogen-bond acceptors (Lipinski definition) is 4. The predicted molar refractivity (Wildman–Crippen MR) is 123 cm³/mol. The van der Waals surface area contributed by atoms with Crippen molar-refractivity contribution in [1.82, 2.24) is 25.0 Å². The minimum absolute atomic E-state index is 0.00407. The molecular weight excluding hydrogens is 402 g/mol. The molecule has 0 saturated carbocycles. The largest absolute Gasteiger partial charge is 0.353 e. The normalized spacial score (nSPS) is 18.2. The Balaban J connectivity index is 1.61. The Labute approximate surface area is 188 Å². The zero-order chi connectivity index (χ0) is 22.7. The van der Waals surface area contributed by atoms with Crippen molar-refractivity contribution < 1.29 is 9.59 Å². The van der Waals surface area contributed by atoms with Gasteiger partial charge >= 0.3 is 0 Å². The minimum Gasteiger partial charge on any atom is -0.353 e. The lowest BCUT2D eigenvalue weighted by molar-refractivity contribution is -0.130. The van der Waals surface area contributed by atoms with E-state index in [1.165, 1.54) is 0 Å². The van der Waals surface area contributed by atoms with Crippen molar-refractivity contribution in [3.05, 3.63) is 72.3 Å². The van der Waals surface area contributed by atoms with E-state index in [1.807, 2.05) is 50.4 Å². The van der Waals surface area contributed by atoms with Crippen molar-refractivity contribution in [1.29, 1.82) is 0 Å². The average Bonchev–Trinajstić information content (AvgIpc) is 3.41. The molecule has 1 atom stereocenters. The number of likely N-dealkylation sites (tertiary alicyclic amines) is 1. The quantitative estimate of drug-likeness (QED) is 0.650. The third kappa shape index (κ3) is 4.56. The fourth-order valence-electron chi connectivity index (χ4n) is 4.35. The summed E-state index contributed by atoms with van der Waals surface area (Å²) in [7, 11) is 1.79. The molecule has 3 heterocycles. The van der Waals surface area contributed by atoms with Gasteiger partial charge in [-0.05, 0) is 55.5 Å². The highest BCUT2D eigenvalue weighted by atomic mass is 16.2. The second-order valence-electron chi connectivity index (χ2n) is 8.88. The fourth-order valence-corrected chi connectivity index (χ4v) is 4.35. The van der Waals surface area contributed by atoms with Crippen LogP contribution in [0, 0.1) is 5.41 Å². The van der Waals surface area contributed by atoms with Crippen molar-refractivity contribution in [3.8, 4) is 11.1 Å². The monoisotopic (exact) mass is 431 g/mol. The molecule has 1 aromatic carbocycles. The molecule has 4 rings (SSSR count). The number of benzene rings is 1. The van der Waals surface area contributed by atoms with Crippen LogP contribution in [0.5, 0.6) is 0 Å². The molecule has 0 radical (unpaired) electrons. The highest BCUT2D eigenvalue weighted by molar-refractivity contribution is 5.93. The maximum absolute atomic E-state index is 13.4. The summed E-state index contributed by atoms with van der Waals surface area (Å²) in [6, 6.07) is 13.9. The van der Waals surface area contributed by atoms with Crippen molar-refractivity contribution >= 4 is 11.8 Å². The van der Waals surface area contributed by atoms with Gasteiger partial charge in [0.05, 0.1) is 5.41 Å². The van der Waals surface area contributed by atoms with E-state index in [4.69, 9.17) is 0 Å². The first-order chi connectivity index (χ1) is 15.4. The van der Waals surface area contributed by atoms with E-state index in [2.05, 4.69) is 21.5 Å². The highest BCUT2D eigenvalue weighted by Crippen LogP contribution is 2.36. The van der Waals surface area contributed by atoms with Gasteiger partial charge in [-0.3, -0.25) is 19.3 Å². The van der Waals surface area contributed by atoms with Crippen LogP contribution >= 0.6 is 0 Å². The van der Waals surface area contributed by atoms with Crippen LogP contribution in [0.4, 0.5) is 0 Å². The molecular formula is C25H29N5O2. The standard InChI is InChI=1S/C25H29N5O2/c1-18(2)27-24(32)25(10-13-30(17-25)23(31)22-9-12-29(3)28-22)15-19-6-4-7-20(14-19)21-8-5-11-26-16-21/h4-9,11-12,14,16,18H,10,13,15,17H2,1-3H3,(H,27,32). The van der Waals surface area contributed by atoms with Crippen LogP contribution in [0.25, 0.3) is 11.1 Å². The molecule has 1 aliphatic rings. The van der Waals surface area contributed by atoms with Gasteiger partial charge in [-0.25, -0.2) is 0 Å². The first-order valence-corrected chi connectivity index (χ1v) is 11.0. The van der Waals surface area contributed by atoms with Crippen LogP contribution in [-0.2, 0) is 18.3 Å². The highest BCUT2D eigenvalue weighted by Gasteiger charge is 2.46. The molecule has 1 saturated heterocycles. The molecule has 0 bridgehead atoms. The van der Waals surface area contributed by atoms with Gasteiger partial charge in [0.15, 0.2) is 0 Å². The number of nitrogens with one attached hydrogen (secondary N) is 1. The van der Waals surface area contributed by atoms with Crippen LogP contribution in [0.1, 0.15) is 36.3 Å². The van der Waals surface area contributed by atoms with E-state index in [-0.39, 0.29) is 17.9 Å². The molecule has 166 valence electrons. The first kappa shape index (κ1) is 21.7. The number of rotatable bonds is 6. The fraction of sp³-hybridized carbons (Fsp3) is 0.360. The van der Waals surface area contributed by atoms with E-state index in [0.29, 0.717) is 31.6 Å². The van der Waals surface area contributed by atoms with Crippen LogP contribution in [0.15, 0.2) is 61.1 Å². The Morgan fingerprint density at radius 1 is 1.16 bits per heavy atom. The SMILES string of the molecule is CC(C)NC(=O)C1(Cc2cccc(-c3cccnc3)c2)CCN(C(=O)c2ccn(C)n2)C1. The molecule has 7 heteroatoms. The van der Waals surface area contributed by atoms with E-state index in [1.54, 1.807) is 35.1 Å². The molecule has 2 amide bonds. The summed E-state index contributed by atoms with van der Waals surface area (Å²) in [5.41, 5.74) is 2.90. The average molecular weight is 432 g/mol. The van der Waals surface area contributed by atoms with Gasteiger partial charge in [-0.2, -0.15) is 5.10 Å². The van der Waals surface area contributed by atoms with Gasteiger partial charge in [-0.15, -0.1) is 0 Å². The number of carbonyl (C=O) groups is 2. The summed E-state index contributed by atoms with van der Waals surface area (Å²) in [5, 5.41) is 7.33. The Morgan fingerprint density at radius 2 is 1.97 bits per heavy atom. The second-order valence-corrected chi connectivity index (χ2v) is 8.88. The van der Waals surface area contributed by atoms with Gasteiger partial charge in [0.2, 0.25) is 5.91 Å². The molecule has 1 unspecified atom stereocenters. The van der Waals surface area contributed by atoms with Gasteiger partial charge in [0.25, 0.3) is 5.91 Å². The molecule has 0 spiro atoms. The zero-order valence-corrected chi connectivity index (χ0v) is 18.8.